The molecular formula is C13H11Cl3N2OS. The first-order valence-electron chi connectivity index (χ1n) is 5.74. The van der Waals surface area contributed by atoms with E-state index in [4.69, 9.17) is 34.8 Å². The zero-order chi connectivity index (χ0) is 14.7. The molecule has 2 N–H and O–H groups in total. The van der Waals surface area contributed by atoms with Crippen LogP contribution in [0.25, 0.3) is 0 Å². The minimum atomic E-state index is -0.355. The van der Waals surface area contributed by atoms with E-state index in [2.05, 4.69) is 10.6 Å². The van der Waals surface area contributed by atoms with E-state index in [-0.39, 0.29) is 12.1 Å². The van der Waals surface area contributed by atoms with Gasteiger partial charge in [0.1, 0.15) is 0 Å². The molecule has 0 unspecified atom stereocenters. The van der Waals surface area contributed by atoms with Crippen molar-refractivity contribution >= 4 is 57.9 Å². The van der Waals surface area contributed by atoms with Gasteiger partial charge in [0.15, 0.2) is 0 Å². The summed E-state index contributed by atoms with van der Waals surface area (Å²) in [5, 5.41) is 6.18. The quantitative estimate of drug-likeness (QED) is 0.745. The number of hydrogen-bond acceptors (Lipinski definition) is 2. The number of carbonyl (C=O) groups is 1. The highest BCUT2D eigenvalue weighted by molar-refractivity contribution is 7.16. The molecule has 106 valence electrons. The van der Waals surface area contributed by atoms with Gasteiger partial charge in [0.05, 0.1) is 26.1 Å². The molecule has 0 saturated heterocycles. The zero-order valence-corrected chi connectivity index (χ0v) is 13.5. The third-order valence-electron chi connectivity index (χ3n) is 2.57. The molecule has 2 aromatic rings. The Bertz CT molecular complexity index is 630. The van der Waals surface area contributed by atoms with E-state index in [0.717, 1.165) is 4.88 Å². The molecule has 1 heterocycles. The highest BCUT2D eigenvalue weighted by atomic mass is 35.5. The number of halogens is 3. The van der Waals surface area contributed by atoms with E-state index in [1.165, 1.54) is 11.3 Å². The first-order chi connectivity index (χ1) is 9.47. The van der Waals surface area contributed by atoms with Crippen molar-refractivity contribution in [3.63, 3.8) is 0 Å². The number of nitrogens with one attached hydrogen (secondary N) is 2. The van der Waals surface area contributed by atoms with Crippen molar-refractivity contribution < 1.29 is 4.79 Å². The van der Waals surface area contributed by atoms with Gasteiger partial charge < -0.3 is 10.6 Å². The van der Waals surface area contributed by atoms with E-state index < -0.39 is 0 Å². The van der Waals surface area contributed by atoms with Gasteiger partial charge in [0.2, 0.25) is 0 Å². The second kappa shape index (κ2) is 6.68. The van der Waals surface area contributed by atoms with E-state index in [0.29, 0.717) is 20.1 Å². The molecule has 7 heteroatoms. The number of benzene rings is 1. The lowest BCUT2D eigenvalue weighted by Crippen LogP contribution is -2.30. The minimum absolute atomic E-state index is 0.148. The van der Waals surface area contributed by atoms with Crippen LogP contribution in [0.5, 0.6) is 0 Å². The Morgan fingerprint density at radius 3 is 2.60 bits per heavy atom. The summed E-state index contributed by atoms with van der Waals surface area (Å²) >= 11 is 19.2. The molecule has 0 spiro atoms. The Morgan fingerprint density at radius 1 is 1.20 bits per heavy atom. The molecule has 1 aromatic heterocycles. The molecule has 0 aliphatic carbocycles. The average molecular weight is 350 g/mol. The summed E-state index contributed by atoms with van der Waals surface area (Å²) < 4.78 is 0.687. The molecule has 0 aliphatic rings. The van der Waals surface area contributed by atoms with Crippen molar-refractivity contribution in [2.24, 2.45) is 0 Å². The van der Waals surface area contributed by atoms with E-state index in [1.54, 1.807) is 24.3 Å². The van der Waals surface area contributed by atoms with Crippen LogP contribution in [0.3, 0.4) is 0 Å². The molecule has 0 saturated carbocycles. The lowest BCUT2D eigenvalue weighted by Gasteiger charge is -2.14. The van der Waals surface area contributed by atoms with Gasteiger partial charge in [-0.1, -0.05) is 40.9 Å². The summed E-state index contributed by atoms with van der Waals surface area (Å²) in [4.78, 5) is 12.9. The molecule has 0 bridgehead atoms. The Hall–Kier alpha value is -0.940. The van der Waals surface area contributed by atoms with Crippen molar-refractivity contribution in [3.8, 4) is 0 Å². The maximum atomic E-state index is 11.9. The maximum absolute atomic E-state index is 11.9. The first-order valence-corrected chi connectivity index (χ1v) is 7.69. The van der Waals surface area contributed by atoms with Crippen molar-refractivity contribution in [2.75, 3.05) is 5.32 Å². The van der Waals surface area contributed by atoms with Crippen molar-refractivity contribution in [2.45, 2.75) is 13.0 Å². The first kappa shape index (κ1) is 15.4. The monoisotopic (exact) mass is 348 g/mol. The second-order valence-corrected chi connectivity index (χ2v) is 6.60. The summed E-state index contributed by atoms with van der Waals surface area (Å²) in [6.45, 7) is 1.88. The number of anilines is 1. The number of amides is 2. The van der Waals surface area contributed by atoms with Crippen LogP contribution in [0, 0.1) is 0 Å². The van der Waals surface area contributed by atoms with Gasteiger partial charge >= 0.3 is 6.03 Å². The predicted molar refractivity (Wildman–Crippen MR) is 86.4 cm³/mol. The lowest BCUT2D eigenvalue weighted by atomic mass is 10.3. The molecular weight excluding hydrogens is 339 g/mol. The van der Waals surface area contributed by atoms with Crippen LogP contribution in [0.15, 0.2) is 30.3 Å². The Balaban J connectivity index is 2.00. The maximum Gasteiger partial charge on any atom is 0.319 e. The van der Waals surface area contributed by atoms with Crippen molar-refractivity contribution in [1.82, 2.24) is 5.32 Å². The summed E-state index contributed by atoms with van der Waals surface area (Å²) in [5.74, 6) is 0. The van der Waals surface area contributed by atoms with Crippen molar-refractivity contribution in [3.05, 3.63) is 49.6 Å². The second-order valence-electron chi connectivity index (χ2n) is 4.06. The molecule has 1 aromatic carbocycles. The van der Waals surface area contributed by atoms with Gasteiger partial charge in [0, 0.05) is 4.88 Å². The largest absolute Gasteiger partial charge is 0.331 e. The smallest absolute Gasteiger partial charge is 0.319 e. The topological polar surface area (TPSA) is 41.1 Å². The van der Waals surface area contributed by atoms with Gasteiger partial charge in [-0.15, -0.1) is 11.3 Å². The zero-order valence-electron chi connectivity index (χ0n) is 10.4. The van der Waals surface area contributed by atoms with Gasteiger partial charge in [-0.05, 0) is 31.2 Å². The van der Waals surface area contributed by atoms with Gasteiger partial charge in [-0.2, -0.15) is 0 Å². The van der Waals surface area contributed by atoms with E-state index >= 15 is 0 Å². The van der Waals surface area contributed by atoms with Crippen LogP contribution < -0.4 is 10.6 Å². The van der Waals surface area contributed by atoms with Crippen LogP contribution in [0.4, 0.5) is 10.5 Å². The molecule has 0 aliphatic heterocycles. The Kier molecular flexibility index (Phi) is 5.16. The third-order valence-corrected chi connectivity index (χ3v) is 4.80. The molecule has 0 radical (unpaired) electrons. The number of hydrogen-bond donors (Lipinski definition) is 2. The van der Waals surface area contributed by atoms with Crippen LogP contribution in [0.1, 0.15) is 17.8 Å². The average Bonchev–Trinajstić information content (AvgIpc) is 2.82. The third kappa shape index (κ3) is 3.79. The van der Waals surface area contributed by atoms with Gasteiger partial charge in [-0.3, -0.25) is 0 Å². The number of urea groups is 1. The molecule has 2 amide bonds. The van der Waals surface area contributed by atoms with Gasteiger partial charge in [0.25, 0.3) is 0 Å². The highest BCUT2D eigenvalue weighted by Gasteiger charge is 2.13. The fourth-order valence-corrected chi connectivity index (χ4v) is 3.00. The van der Waals surface area contributed by atoms with Crippen LogP contribution >= 0.6 is 46.1 Å². The SMILES string of the molecule is C[C@@H](NC(=O)Nc1cccc(Cl)c1Cl)c1ccc(Cl)s1. The Labute approximate surface area is 135 Å². The molecule has 3 nitrogen and oxygen atoms in total. The summed E-state index contributed by atoms with van der Waals surface area (Å²) in [6.07, 6.45) is 0. The number of thiophene rings is 1. The fourth-order valence-electron chi connectivity index (χ4n) is 1.59. The Morgan fingerprint density at radius 2 is 1.95 bits per heavy atom. The molecule has 0 fully saturated rings. The highest BCUT2D eigenvalue weighted by Crippen LogP contribution is 2.30. The van der Waals surface area contributed by atoms with Crippen LogP contribution in [-0.4, -0.2) is 6.03 Å². The summed E-state index contributed by atoms with van der Waals surface area (Å²) in [5.41, 5.74) is 0.466. The van der Waals surface area contributed by atoms with E-state index in [1.807, 2.05) is 13.0 Å². The standard InChI is InChI=1S/C13H11Cl3N2OS/c1-7(10-5-6-11(15)20-10)17-13(19)18-9-4-2-3-8(14)12(9)16/h2-7H,1H3,(H2,17,18,19)/t7-/m1/s1. The lowest BCUT2D eigenvalue weighted by molar-refractivity contribution is 0.249. The summed E-state index contributed by atoms with van der Waals surface area (Å²) in [6, 6.07) is 8.22. The van der Waals surface area contributed by atoms with E-state index in [9.17, 15) is 4.79 Å². The van der Waals surface area contributed by atoms with Gasteiger partial charge in [-0.25, -0.2) is 4.79 Å². The molecule has 2 rings (SSSR count). The fraction of sp³-hybridized carbons (Fsp3) is 0.154. The van der Waals surface area contributed by atoms with Crippen LogP contribution in [0.2, 0.25) is 14.4 Å². The number of rotatable bonds is 3. The number of carbonyl (C=O) groups excluding carboxylic acids is 1. The summed E-state index contributed by atoms with van der Waals surface area (Å²) in [7, 11) is 0. The predicted octanol–water partition coefficient (Wildman–Crippen LogP) is 5.59. The normalized spacial score (nSPS) is 12.0. The van der Waals surface area contributed by atoms with Crippen LogP contribution in [-0.2, 0) is 0 Å². The molecule has 20 heavy (non-hydrogen) atoms. The van der Waals surface area contributed by atoms with Crippen molar-refractivity contribution in [1.29, 1.82) is 0 Å². The minimum Gasteiger partial charge on any atom is -0.331 e. The molecule has 1 atom stereocenters.